The first-order valence-electron chi connectivity index (χ1n) is 12.2. The molecule has 19 heteroatoms. The molecule has 0 aliphatic rings. The molecule has 0 aliphatic carbocycles. The van der Waals surface area contributed by atoms with Crippen molar-refractivity contribution in [2.24, 2.45) is 0 Å². The van der Waals surface area contributed by atoms with Crippen molar-refractivity contribution in [1.82, 2.24) is 16.0 Å². The Kier molecular flexibility index (Phi) is 20.4. The third-order valence-corrected chi connectivity index (χ3v) is 4.26. The van der Waals surface area contributed by atoms with Crippen molar-refractivity contribution < 1.29 is 76.3 Å². The fourth-order valence-electron chi connectivity index (χ4n) is 2.25. The fourth-order valence-corrected chi connectivity index (χ4v) is 2.25. The quantitative estimate of drug-likeness (QED) is 0.0662. The van der Waals surface area contributed by atoms with Crippen LogP contribution in [0.15, 0.2) is 25.3 Å². The predicted octanol–water partition coefficient (Wildman–Crippen LogP) is -0.663. The second kappa shape index (κ2) is 23.4. The lowest BCUT2D eigenvalue weighted by Crippen LogP contribution is -2.35. The molecule has 1 unspecified atom stereocenters. The van der Waals surface area contributed by atoms with Crippen LogP contribution >= 0.6 is 0 Å². The number of esters is 5. The van der Waals surface area contributed by atoms with Gasteiger partial charge in [0.1, 0.15) is 13.2 Å². The Bertz CT molecular complexity index is 939. The van der Waals surface area contributed by atoms with Crippen molar-refractivity contribution in [3.63, 3.8) is 0 Å². The van der Waals surface area contributed by atoms with Crippen molar-refractivity contribution in [2.75, 3.05) is 53.5 Å². The summed E-state index contributed by atoms with van der Waals surface area (Å²) in [6.45, 7) is 3.29. The molecule has 3 N–H and O–H groups in total. The minimum absolute atomic E-state index is 0.142. The first-order chi connectivity index (χ1) is 20.5. The van der Waals surface area contributed by atoms with E-state index >= 15 is 0 Å². The molecule has 0 aromatic rings. The Morgan fingerprint density at radius 3 is 1.56 bits per heavy atom. The van der Waals surface area contributed by atoms with E-state index in [9.17, 15) is 38.4 Å². The maximum absolute atomic E-state index is 12.1. The minimum atomic E-state index is -1.28. The molecule has 0 fully saturated rings. The molecule has 19 nitrogen and oxygen atoms in total. The van der Waals surface area contributed by atoms with Gasteiger partial charge in [0.25, 0.3) is 0 Å². The van der Waals surface area contributed by atoms with Gasteiger partial charge in [0.15, 0.2) is 6.10 Å². The van der Waals surface area contributed by atoms with Gasteiger partial charge in [-0.15, -0.1) is 0 Å². The van der Waals surface area contributed by atoms with Crippen LogP contribution in [-0.4, -0.2) is 108 Å². The van der Waals surface area contributed by atoms with E-state index < -0.39 is 81.0 Å². The number of carbonyl (C=O) groups is 8. The Balaban J connectivity index is 4.62. The number of nitrogens with one attached hydrogen (secondary N) is 3. The number of alkyl carbamates (subject to hydrolysis) is 3. The van der Waals surface area contributed by atoms with Crippen molar-refractivity contribution >= 4 is 48.1 Å². The number of amides is 3. The van der Waals surface area contributed by atoms with Crippen LogP contribution in [-0.2, 0) is 61.9 Å². The summed E-state index contributed by atoms with van der Waals surface area (Å²) in [6, 6.07) is 0. The van der Waals surface area contributed by atoms with Crippen LogP contribution in [0.1, 0.15) is 19.3 Å². The van der Waals surface area contributed by atoms with Crippen molar-refractivity contribution in [2.45, 2.75) is 25.4 Å². The van der Waals surface area contributed by atoms with Gasteiger partial charge in [0, 0.05) is 31.8 Å². The highest BCUT2D eigenvalue weighted by Crippen LogP contribution is 2.01. The molecule has 0 saturated heterocycles. The SMILES string of the molecule is C=CC(=O)OCOC(=O)CCNC(=O)OCC(COC(=O)CCNC(=O)OCOC(=O)C=C)OC(=O)CCNC(=O)OC. The third kappa shape index (κ3) is 22.1. The highest BCUT2D eigenvalue weighted by molar-refractivity contribution is 5.81. The standard InChI is InChI=1S/C24H33N3O16/c1-4-17(28)39-14-41-20(31)7-10-26-23(34)38-13-16(43-21(32)8-11-25-22(33)36-3)12-37-19(30)6-9-27-24(35)42-15-40-18(29)5-2/h4-5,16H,1-2,6-15H2,3H3,(H,25,33)(H,26,34)(H,27,35). The highest BCUT2D eigenvalue weighted by Gasteiger charge is 2.20. The summed E-state index contributed by atoms with van der Waals surface area (Å²) in [7, 11) is 1.13. The van der Waals surface area contributed by atoms with E-state index in [1.165, 1.54) is 0 Å². The van der Waals surface area contributed by atoms with E-state index in [0.717, 1.165) is 19.3 Å². The highest BCUT2D eigenvalue weighted by atomic mass is 16.7. The Hall–Kier alpha value is -5.36. The average Bonchev–Trinajstić information content (AvgIpc) is 2.97. The Morgan fingerprint density at radius 1 is 0.581 bits per heavy atom. The molecule has 0 aromatic carbocycles. The van der Waals surface area contributed by atoms with Crippen LogP contribution in [0.5, 0.6) is 0 Å². The van der Waals surface area contributed by atoms with Gasteiger partial charge < -0.3 is 53.8 Å². The first kappa shape index (κ1) is 37.6. The van der Waals surface area contributed by atoms with E-state index in [1.807, 2.05) is 0 Å². The zero-order chi connectivity index (χ0) is 32.5. The number of carbonyl (C=O) groups excluding carboxylic acids is 8. The molecule has 0 aliphatic heterocycles. The second-order valence-electron chi connectivity index (χ2n) is 7.43. The monoisotopic (exact) mass is 619 g/mol. The van der Waals surface area contributed by atoms with Gasteiger partial charge >= 0.3 is 48.1 Å². The summed E-state index contributed by atoms with van der Waals surface area (Å²) in [6.07, 6.45) is -3.26. The van der Waals surface area contributed by atoms with Crippen LogP contribution in [0.4, 0.5) is 14.4 Å². The lowest BCUT2D eigenvalue weighted by atomic mass is 10.3. The van der Waals surface area contributed by atoms with Crippen LogP contribution < -0.4 is 16.0 Å². The molecule has 0 rings (SSSR count). The maximum atomic E-state index is 12.1. The van der Waals surface area contributed by atoms with Crippen LogP contribution in [0, 0.1) is 0 Å². The molecule has 0 heterocycles. The average molecular weight is 620 g/mol. The number of hydrogen-bond acceptors (Lipinski definition) is 16. The van der Waals surface area contributed by atoms with Crippen LogP contribution in [0.3, 0.4) is 0 Å². The Labute approximate surface area is 245 Å². The van der Waals surface area contributed by atoms with Gasteiger partial charge in [-0.2, -0.15) is 0 Å². The minimum Gasteiger partial charge on any atom is -0.462 e. The van der Waals surface area contributed by atoms with Crippen molar-refractivity contribution in [1.29, 1.82) is 0 Å². The summed E-state index contributed by atoms with van der Waals surface area (Å²) in [5, 5.41) is 6.70. The third-order valence-electron chi connectivity index (χ3n) is 4.26. The van der Waals surface area contributed by atoms with Crippen LogP contribution in [0.2, 0.25) is 0 Å². The number of methoxy groups -OCH3 is 1. The molecule has 0 bridgehead atoms. The van der Waals surface area contributed by atoms with Gasteiger partial charge in [0.05, 0.1) is 26.4 Å². The van der Waals surface area contributed by atoms with Gasteiger partial charge in [-0.1, -0.05) is 13.2 Å². The predicted molar refractivity (Wildman–Crippen MR) is 137 cm³/mol. The lowest BCUT2D eigenvalue weighted by Gasteiger charge is -2.18. The molecule has 240 valence electrons. The molecular formula is C24H33N3O16. The van der Waals surface area contributed by atoms with E-state index in [1.54, 1.807) is 0 Å². The molecule has 3 amide bonds. The smallest absolute Gasteiger partial charge is 0.410 e. The summed E-state index contributed by atoms with van der Waals surface area (Å²) in [5.41, 5.74) is 0. The van der Waals surface area contributed by atoms with E-state index in [-0.39, 0.29) is 38.9 Å². The molecular weight excluding hydrogens is 586 g/mol. The van der Waals surface area contributed by atoms with Gasteiger partial charge in [-0.25, -0.2) is 24.0 Å². The number of ether oxygens (including phenoxy) is 8. The molecule has 0 saturated carbocycles. The topological polar surface area (TPSA) is 246 Å². The van der Waals surface area contributed by atoms with E-state index in [4.69, 9.17) is 14.2 Å². The molecule has 0 aromatic heterocycles. The summed E-state index contributed by atoms with van der Waals surface area (Å²) in [5.74, 6) is -4.08. The maximum Gasteiger partial charge on any atom is 0.410 e. The van der Waals surface area contributed by atoms with Crippen molar-refractivity contribution in [3.05, 3.63) is 25.3 Å². The summed E-state index contributed by atoms with van der Waals surface area (Å²) < 4.78 is 37.5. The summed E-state index contributed by atoms with van der Waals surface area (Å²) in [4.78, 5) is 91.9. The fraction of sp³-hybridized carbons (Fsp3) is 0.500. The second-order valence-corrected chi connectivity index (χ2v) is 7.43. The largest absolute Gasteiger partial charge is 0.462 e. The lowest BCUT2D eigenvalue weighted by molar-refractivity contribution is -0.164. The molecule has 0 radical (unpaired) electrons. The number of hydrogen-bond donors (Lipinski definition) is 3. The normalized spacial score (nSPS) is 10.3. The zero-order valence-electron chi connectivity index (χ0n) is 23.2. The molecule has 1 atom stereocenters. The first-order valence-corrected chi connectivity index (χ1v) is 12.2. The Morgan fingerprint density at radius 2 is 1.02 bits per heavy atom. The molecule has 43 heavy (non-hydrogen) atoms. The number of rotatable bonds is 20. The van der Waals surface area contributed by atoms with Crippen LogP contribution in [0.25, 0.3) is 0 Å². The van der Waals surface area contributed by atoms with Gasteiger partial charge in [-0.05, 0) is 0 Å². The van der Waals surface area contributed by atoms with Gasteiger partial charge in [-0.3, -0.25) is 14.4 Å². The van der Waals surface area contributed by atoms with E-state index in [2.05, 4.69) is 52.8 Å². The van der Waals surface area contributed by atoms with Gasteiger partial charge in [0.2, 0.25) is 13.6 Å². The molecule has 0 spiro atoms. The summed E-state index contributed by atoms with van der Waals surface area (Å²) >= 11 is 0. The van der Waals surface area contributed by atoms with E-state index in [0.29, 0.717) is 0 Å². The van der Waals surface area contributed by atoms with Crippen molar-refractivity contribution in [3.8, 4) is 0 Å². The zero-order valence-corrected chi connectivity index (χ0v) is 23.2.